The monoisotopic (exact) mass is 299 g/mol. The molecular formula is C15H17N5O2. The second kappa shape index (κ2) is 6.38. The number of amides is 2. The van der Waals surface area contributed by atoms with Crippen molar-refractivity contribution in [2.75, 3.05) is 6.54 Å². The number of aromatic nitrogens is 3. The van der Waals surface area contributed by atoms with Crippen molar-refractivity contribution in [1.82, 2.24) is 25.4 Å². The predicted octanol–water partition coefficient (Wildman–Crippen LogP) is 0.666. The molecule has 0 unspecified atom stereocenters. The summed E-state index contributed by atoms with van der Waals surface area (Å²) in [6, 6.07) is 6.54. The van der Waals surface area contributed by atoms with Gasteiger partial charge in [0.1, 0.15) is 18.7 Å². The average molecular weight is 299 g/mol. The molecule has 1 aliphatic heterocycles. The predicted molar refractivity (Wildman–Crippen MR) is 79.5 cm³/mol. The van der Waals surface area contributed by atoms with Crippen LogP contribution in [0.25, 0.3) is 5.69 Å². The fourth-order valence-corrected chi connectivity index (χ4v) is 2.43. The molecule has 1 aromatic heterocycles. The van der Waals surface area contributed by atoms with E-state index in [1.807, 2.05) is 0 Å². The SMILES string of the molecule is O=C(N[C@@H]1CCCCNC1=O)c1ccc(-n2cncn2)cc1. The molecule has 7 nitrogen and oxygen atoms in total. The Kier molecular flexibility index (Phi) is 4.13. The Labute approximate surface area is 127 Å². The normalized spacial score (nSPS) is 18.4. The fraction of sp³-hybridized carbons (Fsp3) is 0.333. The van der Waals surface area contributed by atoms with E-state index in [1.54, 1.807) is 35.3 Å². The largest absolute Gasteiger partial charge is 0.354 e. The van der Waals surface area contributed by atoms with Crippen molar-refractivity contribution in [2.24, 2.45) is 0 Å². The highest BCUT2D eigenvalue weighted by molar-refractivity contribution is 5.97. The van der Waals surface area contributed by atoms with Gasteiger partial charge in [-0.1, -0.05) is 0 Å². The smallest absolute Gasteiger partial charge is 0.251 e. The molecule has 0 spiro atoms. The number of nitrogens with zero attached hydrogens (tertiary/aromatic N) is 3. The first-order valence-corrected chi connectivity index (χ1v) is 7.28. The highest BCUT2D eigenvalue weighted by Gasteiger charge is 2.22. The van der Waals surface area contributed by atoms with Crippen LogP contribution in [0.2, 0.25) is 0 Å². The van der Waals surface area contributed by atoms with Gasteiger partial charge in [-0.25, -0.2) is 9.67 Å². The first kappa shape index (κ1) is 14.2. The van der Waals surface area contributed by atoms with E-state index < -0.39 is 6.04 Å². The summed E-state index contributed by atoms with van der Waals surface area (Å²) in [6.45, 7) is 0.678. The first-order chi connectivity index (χ1) is 10.7. The third-order valence-electron chi connectivity index (χ3n) is 3.65. The summed E-state index contributed by atoms with van der Waals surface area (Å²) in [7, 11) is 0. The van der Waals surface area contributed by atoms with Gasteiger partial charge >= 0.3 is 0 Å². The van der Waals surface area contributed by atoms with Gasteiger partial charge in [-0.2, -0.15) is 5.10 Å². The van der Waals surface area contributed by atoms with Gasteiger partial charge in [0.15, 0.2) is 0 Å². The quantitative estimate of drug-likeness (QED) is 0.871. The van der Waals surface area contributed by atoms with Crippen molar-refractivity contribution < 1.29 is 9.59 Å². The average Bonchev–Trinajstić information content (AvgIpc) is 3.00. The maximum atomic E-state index is 12.2. The van der Waals surface area contributed by atoms with Crippen molar-refractivity contribution in [3.05, 3.63) is 42.5 Å². The Morgan fingerprint density at radius 3 is 2.82 bits per heavy atom. The van der Waals surface area contributed by atoms with Gasteiger partial charge in [-0.3, -0.25) is 9.59 Å². The fourth-order valence-electron chi connectivity index (χ4n) is 2.43. The van der Waals surface area contributed by atoms with E-state index in [0.29, 0.717) is 18.5 Å². The van der Waals surface area contributed by atoms with Crippen molar-refractivity contribution in [2.45, 2.75) is 25.3 Å². The van der Waals surface area contributed by atoms with Crippen LogP contribution in [0.15, 0.2) is 36.9 Å². The van der Waals surface area contributed by atoms with Crippen LogP contribution >= 0.6 is 0 Å². The molecule has 7 heteroatoms. The van der Waals surface area contributed by atoms with Crippen LogP contribution in [0, 0.1) is 0 Å². The molecule has 114 valence electrons. The molecule has 0 bridgehead atoms. The van der Waals surface area contributed by atoms with Crippen LogP contribution in [0.1, 0.15) is 29.6 Å². The number of rotatable bonds is 3. The van der Waals surface area contributed by atoms with E-state index in [9.17, 15) is 9.59 Å². The summed E-state index contributed by atoms with van der Waals surface area (Å²) in [5.74, 6) is -0.350. The molecule has 3 rings (SSSR count). The molecule has 1 saturated heterocycles. The molecule has 1 aliphatic rings. The maximum Gasteiger partial charge on any atom is 0.251 e. The van der Waals surface area contributed by atoms with E-state index in [-0.39, 0.29) is 11.8 Å². The third-order valence-corrected chi connectivity index (χ3v) is 3.65. The Bertz CT molecular complexity index is 651. The third kappa shape index (κ3) is 3.13. The Hall–Kier alpha value is -2.70. The summed E-state index contributed by atoms with van der Waals surface area (Å²) in [5.41, 5.74) is 1.34. The minimum absolute atomic E-state index is 0.106. The van der Waals surface area contributed by atoms with Crippen LogP contribution < -0.4 is 10.6 Å². The maximum absolute atomic E-state index is 12.2. The Balaban J connectivity index is 1.68. The van der Waals surface area contributed by atoms with Crippen molar-refractivity contribution in [1.29, 1.82) is 0 Å². The molecule has 2 heterocycles. The van der Waals surface area contributed by atoms with Crippen LogP contribution in [-0.4, -0.2) is 39.2 Å². The minimum atomic E-state index is -0.454. The molecule has 1 aromatic carbocycles. The number of benzene rings is 1. The summed E-state index contributed by atoms with van der Waals surface area (Å²) in [4.78, 5) is 28.0. The summed E-state index contributed by atoms with van der Waals surface area (Å²) in [5, 5.41) is 9.63. The first-order valence-electron chi connectivity index (χ1n) is 7.28. The second-order valence-corrected chi connectivity index (χ2v) is 5.20. The van der Waals surface area contributed by atoms with Gasteiger partial charge in [-0.15, -0.1) is 0 Å². The highest BCUT2D eigenvalue weighted by Crippen LogP contribution is 2.10. The zero-order valence-corrected chi connectivity index (χ0v) is 12.0. The number of carbonyl (C=O) groups is 2. The molecule has 1 fully saturated rings. The highest BCUT2D eigenvalue weighted by atomic mass is 16.2. The van der Waals surface area contributed by atoms with Crippen LogP contribution in [0.3, 0.4) is 0 Å². The zero-order chi connectivity index (χ0) is 15.4. The van der Waals surface area contributed by atoms with Crippen molar-refractivity contribution in [3.8, 4) is 5.69 Å². The van der Waals surface area contributed by atoms with Crippen LogP contribution in [0.5, 0.6) is 0 Å². The number of hydrogen-bond donors (Lipinski definition) is 2. The lowest BCUT2D eigenvalue weighted by Crippen LogP contribution is -2.45. The van der Waals surface area contributed by atoms with Crippen LogP contribution in [-0.2, 0) is 4.79 Å². The standard InChI is InChI=1S/C15H17N5O2/c21-14(19-13-3-1-2-8-17-15(13)22)11-4-6-12(7-5-11)20-10-16-9-18-20/h4-7,9-10,13H,1-3,8H2,(H,17,22)(H,19,21)/t13-/m1/s1. The van der Waals surface area contributed by atoms with E-state index in [1.165, 1.54) is 6.33 Å². The van der Waals surface area contributed by atoms with Gasteiger partial charge in [0.2, 0.25) is 5.91 Å². The molecular weight excluding hydrogens is 282 g/mol. The van der Waals surface area contributed by atoms with Crippen LogP contribution in [0.4, 0.5) is 0 Å². The van der Waals surface area contributed by atoms with E-state index in [4.69, 9.17) is 0 Å². The van der Waals surface area contributed by atoms with E-state index in [0.717, 1.165) is 18.5 Å². The van der Waals surface area contributed by atoms with Gasteiger partial charge in [0, 0.05) is 12.1 Å². The zero-order valence-electron chi connectivity index (χ0n) is 12.0. The lowest BCUT2D eigenvalue weighted by molar-refractivity contribution is -0.122. The number of hydrogen-bond acceptors (Lipinski definition) is 4. The lowest BCUT2D eigenvalue weighted by Gasteiger charge is -2.15. The number of nitrogens with one attached hydrogen (secondary N) is 2. The summed E-state index contributed by atoms with van der Waals surface area (Å²) in [6.07, 6.45) is 5.59. The molecule has 2 aromatic rings. The molecule has 0 radical (unpaired) electrons. The van der Waals surface area contributed by atoms with Gasteiger partial charge in [0.25, 0.3) is 5.91 Å². The molecule has 22 heavy (non-hydrogen) atoms. The van der Waals surface area contributed by atoms with Crippen molar-refractivity contribution >= 4 is 11.8 Å². The Morgan fingerprint density at radius 2 is 2.09 bits per heavy atom. The number of carbonyl (C=O) groups excluding carboxylic acids is 2. The van der Waals surface area contributed by atoms with E-state index in [2.05, 4.69) is 20.7 Å². The molecule has 0 aliphatic carbocycles. The van der Waals surface area contributed by atoms with Gasteiger partial charge < -0.3 is 10.6 Å². The minimum Gasteiger partial charge on any atom is -0.354 e. The van der Waals surface area contributed by atoms with Crippen molar-refractivity contribution in [3.63, 3.8) is 0 Å². The Morgan fingerprint density at radius 1 is 1.27 bits per heavy atom. The molecule has 0 saturated carbocycles. The van der Waals surface area contributed by atoms with Gasteiger partial charge in [0.05, 0.1) is 5.69 Å². The molecule has 2 N–H and O–H groups in total. The summed E-state index contributed by atoms with van der Waals surface area (Å²) >= 11 is 0. The second-order valence-electron chi connectivity index (χ2n) is 5.20. The summed E-state index contributed by atoms with van der Waals surface area (Å²) < 4.78 is 1.61. The molecule has 1 atom stereocenters. The lowest BCUT2D eigenvalue weighted by atomic mass is 10.1. The topological polar surface area (TPSA) is 88.9 Å². The van der Waals surface area contributed by atoms with Gasteiger partial charge in [-0.05, 0) is 43.5 Å². The van der Waals surface area contributed by atoms with E-state index >= 15 is 0 Å². The molecule has 2 amide bonds.